The van der Waals surface area contributed by atoms with E-state index in [9.17, 15) is 4.79 Å². The van der Waals surface area contributed by atoms with Gasteiger partial charge in [0, 0.05) is 61.9 Å². The highest BCUT2D eigenvalue weighted by atomic mass is 16.5. The molecule has 218 valence electrons. The van der Waals surface area contributed by atoms with Crippen LogP contribution in [0.4, 0.5) is 16.2 Å². The standard InChI is InChI=1S/C33H39N7O2/c1-23-21-25(36-32(41)38-33(2,3)4)10-13-29(23)42-31-27(7-6-15-35-31)28-14-16-34-30(37-28)22-24-8-11-26(12-9-24)40-19-17-39(5)18-20-40/h6-16,21H,17-20,22H2,1-5H3,(H2,36,38,41). The van der Waals surface area contributed by atoms with Crippen LogP contribution in [0.1, 0.15) is 37.7 Å². The topological polar surface area (TPSA) is 95.5 Å². The van der Waals surface area contributed by atoms with Gasteiger partial charge in [0.05, 0.1) is 11.3 Å². The van der Waals surface area contributed by atoms with E-state index in [-0.39, 0.29) is 11.6 Å². The molecule has 0 unspecified atom stereocenters. The normalized spacial score (nSPS) is 14.0. The van der Waals surface area contributed by atoms with Gasteiger partial charge < -0.3 is 25.2 Å². The number of piperazine rings is 1. The van der Waals surface area contributed by atoms with E-state index in [4.69, 9.17) is 9.72 Å². The molecule has 0 atom stereocenters. The summed E-state index contributed by atoms with van der Waals surface area (Å²) in [6.07, 6.45) is 4.11. The van der Waals surface area contributed by atoms with E-state index in [0.29, 0.717) is 23.7 Å². The molecule has 1 saturated heterocycles. The van der Waals surface area contributed by atoms with E-state index < -0.39 is 0 Å². The Morgan fingerprint density at radius 1 is 0.952 bits per heavy atom. The molecule has 1 aliphatic heterocycles. The molecule has 9 heteroatoms. The van der Waals surface area contributed by atoms with Crippen molar-refractivity contribution in [2.45, 2.75) is 39.7 Å². The number of anilines is 2. The number of benzene rings is 2. The Hall–Kier alpha value is -4.50. The van der Waals surface area contributed by atoms with Gasteiger partial charge in [-0.25, -0.2) is 19.7 Å². The van der Waals surface area contributed by atoms with Crippen molar-refractivity contribution in [3.8, 4) is 22.9 Å². The van der Waals surface area contributed by atoms with E-state index in [2.05, 4.69) is 61.7 Å². The predicted molar refractivity (Wildman–Crippen MR) is 167 cm³/mol. The number of aryl methyl sites for hydroxylation is 1. The van der Waals surface area contributed by atoms with Crippen LogP contribution in [-0.4, -0.2) is 64.6 Å². The molecule has 0 saturated carbocycles. The number of nitrogens with zero attached hydrogens (tertiary/aromatic N) is 5. The van der Waals surface area contributed by atoms with Gasteiger partial charge in [-0.15, -0.1) is 0 Å². The molecule has 4 aromatic rings. The van der Waals surface area contributed by atoms with Gasteiger partial charge >= 0.3 is 6.03 Å². The van der Waals surface area contributed by atoms with Gasteiger partial charge in [0.25, 0.3) is 0 Å². The molecule has 1 fully saturated rings. The van der Waals surface area contributed by atoms with Crippen LogP contribution in [0.5, 0.6) is 11.6 Å². The van der Waals surface area contributed by atoms with E-state index in [1.54, 1.807) is 12.4 Å². The number of rotatable bonds is 7. The number of urea groups is 1. The summed E-state index contributed by atoms with van der Waals surface area (Å²) in [6, 6.07) is 19.7. The third-order valence-corrected chi connectivity index (χ3v) is 7.05. The molecule has 2 amide bonds. The zero-order chi connectivity index (χ0) is 29.7. The Kier molecular flexibility index (Phi) is 8.68. The first-order valence-electron chi connectivity index (χ1n) is 14.3. The molecule has 1 aliphatic rings. The summed E-state index contributed by atoms with van der Waals surface area (Å²) in [5.74, 6) is 1.83. The van der Waals surface area contributed by atoms with Crippen LogP contribution in [0.15, 0.2) is 73.1 Å². The van der Waals surface area contributed by atoms with Crippen LogP contribution < -0.4 is 20.3 Å². The summed E-state index contributed by atoms with van der Waals surface area (Å²) in [5.41, 5.74) is 5.15. The quantitative estimate of drug-likeness (QED) is 0.288. The van der Waals surface area contributed by atoms with Gasteiger partial charge in [0.2, 0.25) is 5.88 Å². The number of carbonyl (C=O) groups excluding carboxylic acids is 1. The fraction of sp³-hybridized carbons (Fsp3) is 0.333. The second kappa shape index (κ2) is 12.6. The molecule has 3 heterocycles. The minimum atomic E-state index is -0.326. The summed E-state index contributed by atoms with van der Waals surface area (Å²) in [6.45, 7) is 12.0. The Morgan fingerprint density at radius 3 is 2.43 bits per heavy atom. The van der Waals surface area contributed by atoms with Crippen LogP contribution in [0, 0.1) is 6.92 Å². The molecule has 2 aromatic carbocycles. The van der Waals surface area contributed by atoms with Gasteiger partial charge in [-0.2, -0.15) is 0 Å². The summed E-state index contributed by atoms with van der Waals surface area (Å²) < 4.78 is 6.26. The Bertz CT molecular complexity index is 1520. The lowest BCUT2D eigenvalue weighted by molar-refractivity contribution is 0.244. The summed E-state index contributed by atoms with van der Waals surface area (Å²) in [4.78, 5) is 31.0. The first kappa shape index (κ1) is 29.0. The molecular formula is C33H39N7O2. The molecule has 5 rings (SSSR count). The summed E-state index contributed by atoms with van der Waals surface area (Å²) >= 11 is 0. The molecule has 0 radical (unpaired) electrons. The number of likely N-dealkylation sites (N-methyl/N-ethyl adjacent to an activating group) is 1. The van der Waals surface area contributed by atoms with Crippen LogP contribution in [0.25, 0.3) is 11.3 Å². The number of hydrogen-bond donors (Lipinski definition) is 2. The Labute approximate surface area is 248 Å². The highest BCUT2D eigenvalue weighted by Crippen LogP contribution is 2.33. The lowest BCUT2D eigenvalue weighted by Crippen LogP contribution is -2.44. The average molecular weight is 566 g/mol. The average Bonchev–Trinajstić information content (AvgIpc) is 2.95. The van der Waals surface area contributed by atoms with E-state index >= 15 is 0 Å². The SMILES string of the molecule is Cc1cc(NC(=O)NC(C)(C)C)ccc1Oc1ncccc1-c1ccnc(Cc2ccc(N3CCN(C)CC3)cc2)n1. The number of pyridine rings is 1. The minimum absolute atomic E-state index is 0.256. The smallest absolute Gasteiger partial charge is 0.319 e. The molecule has 2 N–H and O–H groups in total. The molecule has 2 aromatic heterocycles. The molecular weight excluding hydrogens is 526 g/mol. The summed E-state index contributed by atoms with van der Waals surface area (Å²) in [7, 11) is 2.17. The summed E-state index contributed by atoms with van der Waals surface area (Å²) in [5, 5.41) is 5.77. The van der Waals surface area contributed by atoms with Crippen molar-refractivity contribution in [2.24, 2.45) is 0 Å². The maximum Gasteiger partial charge on any atom is 0.319 e. The van der Waals surface area contributed by atoms with Crippen LogP contribution in [0.3, 0.4) is 0 Å². The van der Waals surface area contributed by atoms with Gasteiger partial charge in [0.1, 0.15) is 11.6 Å². The maximum absolute atomic E-state index is 12.3. The third kappa shape index (κ3) is 7.61. The zero-order valence-corrected chi connectivity index (χ0v) is 25.0. The zero-order valence-electron chi connectivity index (χ0n) is 25.0. The van der Waals surface area contributed by atoms with E-state index in [0.717, 1.165) is 54.4 Å². The van der Waals surface area contributed by atoms with Gasteiger partial charge in [0.15, 0.2) is 0 Å². The van der Waals surface area contributed by atoms with Crippen molar-refractivity contribution >= 4 is 17.4 Å². The number of ether oxygens (including phenoxy) is 1. The predicted octanol–water partition coefficient (Wildman–Crippen LogP) is 5.90. The lowest BCUT2D eigenvalue weighted by atomic mass is 10.1. The number of amides is 2. The molecule has 0 spiro atoms. The lowest BCUT2D eigenvalue weighted by Gasteiger charge is -2.34. The molecule has 0 bridgehead atoms. The van der Waals surface area contributed by atoms with Gasteiger partial charge in [-0.3, -0.25) is 0 Å². The molecule has 42 heavy (non-hydrogen) atoms. The van der Waals surface area contributed by atoms with Crippen molar-refractivity contribution in [1.82, 2.24) is 25.2 Å². The maximum atomic E-state index is 12.3. The van der Waals surface area contributed by atoms with Crippen molar-refractivity contribution in [2.75, 3.05) is 43.4 Å². The van der Waals surface area contributed by atoms with Crippen molar-refractivity contribution in [3.63, 3.8) is 0 Å². The minimum Gasteiger partial charge on any atom is -0.438 e. The highest BCUT2D eigenvalue weighted by Gasteiger charge is 2.17. The largest absolute Gasteiger partial charge is 0.438 e. The second-order valence-corrected chi connectivity index (χ2v) is 11.8. The first-order valence-corrected chi connectivity index (χ1v) is 14.3. The van der Waals surface area contributed by atoms with Crippen LogP contribution in [-0.2, 0) is 6.42 Å². The third-order valence-electron chi connectivity index (χ3n) is 7.05. The fourth-order valence-electron chi connectivity index (χ4n) is 4.82. The fourth-order valence-corrected chi connectivity index (χ4v) is 4.82. The monoisotopic (exact) mass is 565 g/mol. The Morgan fingerprint density at radius 2 is 1.71 bits per heavy atom. The number of carbonyl (C=O) groups is 1. The van der Waals surface area contributed by atoms with Crippen LogP contribution in [0.2, 0.25) is 0 Å². The van der Waals surface area contributed by atoms with E-state index in [1.165, 1.54) is 5.69 Å². The van der Waals surface area contributed by atoms with Gasteiger partial charge in [-0.1, -0.05) is 12.1 Å². The number of aromatic nitrogens is 3. The number of hydrogen-bond acceptors (Lipinski definition) is 7. The first-order chi connectivity index (χ1) is 20.1. The van der Waals surface area contributed by atoms with Gasteiger partial charge in [-0.05, 0) is 94.4 Å². The van der Waals surface area contributed by atoms with E-state index in [1.807, 2.05) is 64.1 Å². The van der Waals surface area contributed by atoms with Crippen LogP contribution >= 0.6 is 0 Å². The Balaban J connectivity index is 1.28. The molecule has 9 nitrogen and oxygen atoms in total. The van der Waals surface area contributed by atoms with Crippen molar-refractivity contribution < 1.29 is 9.53 Å². The number of nitrogens with one attached hydrogen (secondary N) is 2. The second-order valence-electron chi connectivity index (χ2n) is 11.8. The highest BCUT2D eigenvalue weighted by molar-refractivity contribution is 5.89. The van der Waals surface area contributed by atoms with Crippen molar-refractivity contribution in [1.29, 1.82) is 0 Å². The molecule has 0 aliphatic carbocycles. The van der Waals surface area contributed by atoms with Crippen molar-refractivity contribution in [3.05, 3.63) is 90.0 Å².